The summed E-state index contributed by atoms with van der Waals surface area (Å²) in [6, 6.07) is -1.18. The Kier molecular flexibility index (Phi) is 9.02. The van der Waals surface area contributed by atoms with Crippen LogP contribution in [-0.4, -0.2) is 94.0 Å². The lowest BCUT2D eigenvalue weighted by atomic mass is 9.89. The standard InChI is InChI=1S/C21H40F3N9O/c1-33-17(31-32-19(33)15-5-7-25-12-30-15)11-28-16-9-13(4-8-26-16)20(34)29-10-14-3-2-6-27-18(14)21(22,23)24/h13-19,25-28,30-32H,2-12H2,1H3,(H,29,34). The van der Waals surface area contributed by atoms with Gasteiger partial charge in [0.2, 0.25) is 5.91 Å². The second kappa shape index (κ2) is 11.8. The minimum absolute atomic E-state index is 0.0185. The van der Waals surface area contributed by atoms with E-state index in [0.29, 0.717) is 51.4 Å². The number of halogens is 3. The van der Waals surface area contributed by atoms with E-state index in [1.807, 2.05) is 0 Å². The van der Waals surface area contributed by atoms with Gasteiger partial charge in [0.25, 0.3) is 0 Å². The van der Waals surface area contributed by atoms with Crippen molar-refractivity contribution in [3.63, 3.8) is 0 Å². The number of likely N-dealkylation sites (N-methyl/N-ethyl adjacent to an activating group) is 1. The van der Waals surface area contributed by atoms with Crippen LogP contribution in [-0.2, 0) is 4.79 Å². The van der Waals surface area contributed by atoms with Gasteiger partial charge in [-0.15, -0.1) is 0 Å². The fourth-order valence-corrected chi connectivity index (χ4v) is 5.58. The summed E-state index contributed by atoms with van der Waals surface area (Å²) >= 11 is 0. The number of hydrazine groups is 1. The van der Waals surface area contributed by atoms with Crippen molar-refractivity contribution in [3.05, 3.63) is 0 Å². The molecule has 8 N–H and O–H groups in total. The average molecular weight is 492 g/mol. The molecule has 196 valence electrons. The van der Waals surface area contributed by atoms with Gasteiger partial charge in [-0.3, -0.25) is 20.3 Å². The first kappa shape index (κ1) is 26.0. The molecule has 0 aromatic rings. The number of nitrogens with one attached hydrogen (secondary N) is 8. The van der Waals surface area contributed by atoms with E-state index in [2.05, 4.69) is 54.7 Å². The summed E-state index contributed by atoms with van der Waals surface area (Å²) in [5, 5.41) is 19.1. The Labute approximate surface area is 199 Å². The molecule has 1 amide bonds. The summed E-state index contributed by atoms with van der Waals surface area (Å²) < 4.78 is 39.8. The maximum atomic E-state index is 13.3. The predicted molar refractivity (Wildman–Crippen MR) is 122 cm³/mol. The molecule has 0 aromatic heterocycles. The molecule has 4 aliphatic heterocycles. The number of hydrogen-bond donors (Lipinski definition) is 8. The topological polar surface area (TPSA) is 117 Å². The smallest absolute Gasteiger partial charge is 0.356 e. The third-order valence-corrected chi connectivity index (χ3v) is 7.64. The molecule has 34 heavy (non-hydrogen) atoms. The first-order valence-electron chi connectivity index (χ1n) is 12.5. The lowest BCUT2D eigenvalue weighted by Gasteiger charge is -2.35. The molecule has 4 rings (SSSR count). The molecular weight excluding hydrogens is 451 g/mol. The van der Waals surface area contributed by atoms with Gasteiger partial charge < -0.3 is 21.3 Å². The van der Waals surface area contributed by atoms with Crippen LogP contribution in [0.4, 0.5) is 13.2 Å². The molecule has 0 aliphatic carbocycles. The molecule has 0 spiro atoms. The van der Waals surface area contributed by atoms with Crippen LogP contribution < -0.4 is 42.8 Å². The quantitative estimate of drug-likeness (QED) is 0.217. The molecule has 13 heteroatoms. The Hall–Kier alpha value is -1.06. The number of rotatable bonds is 7. The SMILES string of the molecule is CN1C(CNC2CC(C(=O)NCC3CCCNC3C(F)(F)F)CCN2)NNC1C1CCNCN1. The van der Waals surface area contributed by atoms with Crippen molar-refractivity contribution in [2.75, 3.05) is 46.4 Å². The van der Waals surface area contributed by atoms with E-state index in [4.69, 9.17) is 0 Å². The van der Waals surface area contributed by atoms with Crippen LogP contribution in [0, 0.1) is 11.8 Å². The van der Waals surface area contributed by atoms with Crippen molar-refractivity contribution >= 4 is 5.91 Å². The lowest BCUT2D eigenvalue weighted by Crippen LogP contribution is -2.58. The van der Waals surface area contributed by atoms with Gasteiger partial charge in [0, 0.05) is 37.6 Å². The highest BCUT2D eigenvalue weighted by atomic mass is 19.4. The van der Waals surface area contributed by atoms with Crippen molar-refractivity contribution in [3.8, 4) is 0 Å². The molecule has 4 fully saturated rings. The highest BCUT2D eigenvalue weighted by Gasteiger charge is 2.45. The Morgan fingerprint density at radius 1 is 1.03 bits per heavy atom. The van der Waals surface area contributed by atoms with E-state index >= 15 is 0 Å². The number of piperidine rings is 2. The van der Waals surface area contributed by atoms with Gasteiger partial charge in [0.15, 0.2) is 0 Å². The highest BCUT2D eigenvalue weighted by Crippen LogP contribution is 2.30. The third kappa shape index (κ3) is 6.58. The van der Waals surface area contributed by atoms with Crippen molar-refractivity contribution in [1.82, 2.24) is 47.7 Å². The van der Waals surface area contributed by atoms with Crippen molar-refractivity contribution < 1.29 is 18.0 Å². The molecule has 0 bridgehead atoms. The van der Waals surface area contributed by atoms with Gasteiger partial charge in [-0.2, -0.15) is 13.2 Å². The van der Waals surface area contributed by atoms with Gasteiger partial charge in [-0.25, -0.2) is 10.9 Å². The Morgan fingerprint density at radius 2 is 1.88 bits per heavy atom. The zero-order valence-corrected chi connectivity index (χ0v) is 19.8. The zero-order valence-electron chi connectivity index (χ0n) is 19.8. The minimum Gasteiger partial charge on any atom is -0.356 e. The maximum absolute atomic E-state index is 13.3. The van der Waals surface area contributed by atoms with E-state index in [1.54, 1.807) is 0 Å². The molecule has 0 aromatic carbocycles. The fraction of sp³-hybridized carbons (Fsp3) is 0.952. The normalized spacial score (nSPS) is 38.1. The molecule has 7 atom stereocenters. The van der Waals surface area contributed by atoms with E-state index in [0.717, 1.165) is 19.6 Å². The van der Waals surface area contributed by atoms with Crippen LogP contribution >= 0.6 is 0 Å². The van der Waals surface area contributed by atoms with E-state index < -0.39 is 18.1 Å². The number of amides is 1. The van der Waals surface area contributed by atoms with Crippen molar-refractivity contribution in [2.45, 2.75) is 68.9 Å². The van der Waals surface area contributed by atoms with Crippen LogP contribution in [0.3, 0.4) is 0 Å². The fourth-order valence-electron chi connectivity index (χ4n) is 5.58. The highest BCUT2D eigenvalue weighted by molar-refractivity contribution is 5.78. The van der Waals surface area contributed by atoms with Crippen LogP contribution in [0.5, 0.6) is 0 Å². The van der Waals surface area contributed by atoms with E-state index in [9.17, 15) is 18.0 Å². The number of carbonyl (C=O) groups excluding carboxylic acids is 1. The predicted octanol–water partition coefficient (Wildman–Crippen LogP) is -1.45. The number of alkyl halides is 3. The molecule has 4 aliphatic rings. The summed E-state index contributed by atoms with van der Waals surface area (Å²) in [6.45, 7) is 3.62. The largest absolute Gasteiger partial charge is 0.404 e. The third-order valence-electron chi connectivity index (χ3n) is 7.64. The van der Waals surface area contributed by atoms with Crippen LogP contribution in [0.25, 0.3) is 0 Å². The molecule has 7 unspecified atom stereocenters. The lowest BCUT2D eigenvalue weighted by molar-refractivity contribution is -0.172. The summed E-state index contributed by atoms with van der Waals surface area (Å²) in [6.07, 6.45) is -0.503. The summed E-state index contributed by atoms with van der Waals surface area (Å²) in [7, 11) is 2.09. The number of hydrogen-bond acceptors (Lipinski definition) is 9. The van der Waals surface area contributed by atoms with E-state index in [1.165, 1.54) is 0 Å². The summed E-state index contributed by atoms with van der Waals surface area (Å²) in [4.78, 5) is 15.0. The van der Waals surface area contributed by atoms with Gasteiger partial charge in [-0.1, -0.05) is 0 Å². The maximum Gasteiger partial charge on any atom is 0.404 e. The molecule has 4 heterocycles. The first-order valence-corrected chi connectivity index (χ1v) is 12.5. The molecule has 0 radical (unpaired) electrons. The minimum atomic E-state index is -4.29. The van der Waals surface area contributed by atoms with Crippen LogP contribution in [0.15, 0.2) is 0 Å². The summed E-state index contributed by atoms with van der Waals surface area (Å²) in [5.41, 5.74) is 6.73. The van der Waals surface area contributed by atoms with Crippen molar-refractivity contribution in [2.24, 2.45) is 11.8 Å². The summed E-state index contributed by atoms with van der Waals surface area (Å²) in [5.74, 6) is -0.972. The average Bonchev–Trinajstić information content (AvgIpc) is 3.21. The van der Waals surface area contributed by atoms with E-state index in [-0.39, 0.29) is 36.9 Å². The van der Waals surface area contributed by atoms with Gasteiger partial charge in [0.1, 0.15) is 6.04 Å². The number of carbonyl (C=O) groups is 1. The van der Waals surface area contributed by atoms with Gasteiger partial charge >= 0.3 is 6.18 Å². The van der Waals surface area contributed by atoms with Crippen LogP contribution in [0.1, 0.15) is 32.1 Å². The number of nitrogens with zero attached hydrogens (tertiary/aromatic N) is 1. The molecule has 0 saturated carbocycles. The molecule has 4 saturated heterocycles. The zero-order chi connectivity index (χ0) is 24.1. The monoisotopic (exact) mass is 491 g/mol. The Balaban J connectivity index is 1.20. The second-order valence-corrected chi connectivity index (χ2v) is 9.95. The van der Waals surface area contributed by atoms with Crippen LogP contribution in [0.2, 0.25) is 0 Å². The Bertz CT molecular complexity index is 664. The van der Waals surface area contributed by atoms with Crippen molar-refractivity contribution in [1.29, 1.82) is 0 Å². The Morgan fingerprint density at radius 3 is 2.65 bits per heavy atom. The second-order valence-electron chi connectivity index (χ2n) is 9.95. The van der Waals surface area contributed by atoms with Gasteiger partial charge in [-0.05, 0) is 58.8 Å². The molecular formula is C21H40F3N9O. The van der Waals surface area contributed by atoms with Gasteiger partial charge in [0.05, 0.1) is 18.5 Å². The molecule has 10 nitrogen and oxygen atoms in total. The first-order chi connectivity index (χ1) is 16.3.